The summed E-state index contributed by atoms with van der Waals surface area (Å²) in [6, 6.07) is 0. The minimum Gasteiger partial charge on any atom is -0.444 e. The Bertz CT molecular complexity index is 413. The lowest BCUT2D eigenvalue weighted by Gasteiger charge is -2.36. The summed E-state index contributed by atoms with van der Waals surface area (Å²) in [5.74, 6) is 0. The molecule has 0 radical (unpaired) electrons. The topological polar surface area (TPSA) is 36.0 Å². The number of hydrogen-bond donors (Lipinski definition) is 0. The summed E-state index contributed by atoms with van der Waals surface area (Å²) in [6.45, 7) is 8.26. The summed E-state index contributed by atoms with van der Waals surface area (Å²) in [5, 5.41) is 0. The fraction of sp³-hybridized carbons (Fsp3) is 0.769. The van der Waals surface area contributed by atoms with Crippen molar-refractivity contribution in [2.75, 3.05) is 40.3 Å². The molecule has 1 aliphatic rings. The molecule has 1 fully saturated rings. The third-order valence-electron chi connectivity index (χ3n) is 2.73. The third kappa shape index (κ3) is 6.36. The number of carbonyl (C=O) groups excluding carboxylic acids is 1. The number of ether oxygens (including phenoxy) is 1. The highest BCUT2D eigenvalue weighted by Gasteiger charge is 2.27. The molecule has 0 unspecified atom stereocenters. The van der Waals surface area contributed by atoms with E-state index in [9.17, 15) is 4.79 Å². The first kappa shape index (κ1) is 18.4. The second-order valence-electron chi connectivity index (χ2n) is 5.98. The number of thioether (sulfide) groups is 1. The van der Waals surface area contributed by atoms with Crippen LogP contribution in [0.4, 0.5) is 4.79 Å². The highest BCUT2D eigenvalue weighted by atomic mass is 32.2. The van der Waals surface area contributed by atoms with Gasteiger partial charge in [-0.3, -0.25) is 0 Å². The Labute approximate surface area is 142 Å². The van der Waals surface area contributed by atoms with Crippen molar-refractivity contribution < 1.29 is 9.53 Å². The van der Waals surface area contributed by atoms with Gasteiger partial charge in [-0.15, -0.1) is 0 Å². The number of rotatable bonds is 0. The first-order chi connectivity index (χ1) is 9.60. The Morgan fingerprint density at radius 2 is 1.57 bits per heavy atom. The van der Waals surface area contributed by atoms with Crippen molar-refractivity contribution >= 4 is 50.9 Å². The van der Waals surface area contributed by atoms with E-state index >= 15 is 0 Å². The molecule has 0 aromatic carbocycles. The van der Waals surface area contributed by atoms with Crippen LogP contribution in [0, 0.1) is 0 Å². The van der Waals surface area contributed by atoms with Crippen molar-refractivity contribution in [3.63, 3.8) is 0 Å². The molecule has 0 saturated carbocycles. The van der Waals surface area contributed by atoms with Crippen molar-refractivity contribution in [1.82, 2.24) is 14.7 Å². The summed E-state index contributed by atoms with van der Waals surface area (Å²) >= 11 is 12.1. The molecule has 0 bridgehead atoms. The van der Waals surface area contributed by atoms with Gasteiger partial charge in [-0.25, -0.2) is 4.79 Å². The van der Waals surface area contributed by atoms with Gasteiger partial charge >= 0.3 is 6.09 Å². The fourth-order valence-corrected chi connectivity index (χ4v) is 3.09. The zero-order valence-corrected chi connectivity index (χ0v) is 15.7. The second kappa shape index (κ2) is 7.60. The zero-order chi connectivity index (χ0) is 16.2. The fourth-order valence-electron chi connectivity index (χ4n) is 1.63. The number of hydrogen-bond acceptors (Lipinski definition) is 5. The highest BCUT2D eigenvalue weighted by Crippen LogP contribution is 2.17. The number of piperazine rings is 1. The molecule has 0 aliphatic carbocycles. The largest absolute Gasteiger partial charge is 0.444 e. The number of amides is 1. The molecule has 1 aliphatic heterocycles. The van der Waals surface area contributed by atoms with Crippen LogP contribution in [0.2, 0.25) is 0 Å². The molecule has 0 spiro atoms. The average molecular weight is 350 g/mol. The Hall–Kier alpha value is -0.600. The van der Waals surface area contributed by atoms with Crippen LogP contribution in [0.3, 0.4) is 0 Å². The van der Waals surface area contributed by atoms with Crippen molar-refractivity contribution in [2.45, 2.75) is 26.4 Å². The maximum absolute atomic E-state index is 12.0. The molecular formula is C13H23N3O2S3. The van der Waals surface area contributed by atoms with Crippen molar-refractivity contribution in [1.29, 1.82) is 0 Å². The number of thiocarbonyl (C=S) groups is 2. The molecule has 21 heavy (non-hydrogen) atoms. The van der Waals surface area contributed by atoms with E-state index in [1.54, 1.807) is 4.90 Å². The summed E-state index contributed by atoms with van der Waals surface area (Å²) in [4.78, 5) is 17.6. The van der Waals surface area contributed by atoms with Crippen LogP contribution in [-0.2, 0) is 4.74 Å². The predicted octanol–water partition coefficient (Wildman–Crippen LogP) is 2.40. The monoisotopic (exact) mass is 349 g/mol. The molecule has 1 heterocycles. The second-order valence-corrected chi connectivity index (χ2v) is 8.25. The maximum atomic E-state index is 12.0. The van der Waals surface area contributed by atoms with Crippen LogP contribution in [0.15, 0.2) is 0 Å². The van der Waals surface area contributed by atoms with E-state index in [0.29, 0.717) is 26.2 Å². The van der Waals surface area contributed by atoms with Gasteiger partial charge in [-0.2, -0.15) is 0 Å². The number of nitrogens with zero attached hydrogens (tertiary/aromatic N) is 3. The molecule has 0 N–H and O–H groups in total. The summed E-state index contributed by atoms with van der Waals surface area (Å²) in [6.07, 6.45) is -0.260. The molecule has 0 aromatic heterocycles. The van der Waals surface area contributed by atoms with Crippen LogP contribution in [0.25, 0.3) is 0 Å². The zero-order valence-electron chi connectivity index (χ0n) is 13.2. The van der Waals surface area contributed by atoms with Crippen LogP contribution >= 0.6 is 36.2 Å². The lowest BCUT2D eigenvalue weighted by Crippen LogP contribution is -2.51. The molecule has 0 atom stereocenters. The normalized spacial score (nSPS) is 15.7. The molecular weight excluding hydrogens is 326 g/mol. The maximum Gasteiger partial charge on any atom is 0.410 e. The average Bonchev–Trinajstić information content (AvgIpc) is 2.36. The van der Waals surface area contributed by atoms with Gasteiger partial charge in [-0.1, -0.05) is 24.4 Å². The Morgan fingerprint density at radius 1 is 1.10 bits per heavy atom. The van der Waals surface area contributed by atoms with Crippen molar-refractivity contribution in [3.8, 4) is 0 Å². The first-order valence-electron chi connectivity index (χ1n) is 6.76. The smallest absolute Gasteiger partial charge is 0.410 e. The van der Waals surface area contributed by atoms with Crippen molar-refractivity contribution in [3.05, 3.63) is 0 Å². The quantitative estimate of drug-likeness (QED) is 0.622. The van der Waals surface area contributed by atoms with E-state index in [1.807, 2.05) is 39.8 Å². The van der Waals surface area contributed by atoms with E-state index in [-0.39, 0.29) is 6.09 Å². The summed E-state index contributed by atoms with van der Waals surface area (Å²) in [7, 11) is 3.80. The Balaban J connectivity index is 2.43. The van der Waals surface area contributed by atoms with Gasteiger partial charge in [0.25, 0.3) is 0 Å². The minimum atomic E-state index is -0.461. The molecule has 1 saturated heterocycles. The van der Waals surface area contributed by atoms with E-state index in [0.717, 1.165) is 8.64 Å². The molecule has 8 heteroatoms. The van der Waals surface area contributed by atoms with Crippen LogP contribution < -0.4 is 0 Å². The van der Waals surface area contributed by atoms with Crippen LogP contribution in [0.1, 0.15) is 20.8 Å². The molecule has 1 rings (SSSR count). The van der Waals surface area contributed by atoms with E-state index in [2.05, 4.69) is 4.90 Å². The third-order valence-corrected chi connectivity index (χ3v) is 4.83. The lowest BCUT2D eigenvalue weighted by molar-refractivity contribution is 0.0189. The minimum absolute atomic E-state index is 0.260. The molecule has 5 nitrogen and oxygen atoms in total. The Kier molecular flexibility index (Phi) is 6.68. The van der Waals surface area contributed by atoms with Crippen LogP contribution in [0.5, 0.6) is 0 Å². The Morgan fingerprint density at radius 3 is 2.00 bits per heavy atom. The predicted molar refractivity (Wildman–Crippen MR) is 95.9 cm³/mol. The number of carbonyl (C=O) groups is 1. The molecule has 1 amide bonds. The van der Waals surface area contributed by atoms with Gasteiger partial charge in [0.05, 0.1) is 0 Å². The first-order valence-corrected chi connectivity index (χ1v) is 8.39. The van der Waals surface area contributed by atoms with Gasteiger partial charge < -0.3 is 19.4 Å². The van der Waals surface area contributed by atoms with Gasteiger partial charge in [0.2, 0.25) is 0 Å². The van der Waals surface area contributed by atoms with E-state index in [4.69, 9.17) is 29.2 Å². The van der Waals surface area contributed by atoms with Gasteiger partial charge in [0, 0.05) is 40.3 Å². The van der Waals surface area contributed by atoms with Gasteiger partial charge in [0.15, 0.2) is 0 Å². The molecule has 0 aromatic rings. The summed E-state index contributed by atoms with van der Waals surface area (Å²) < 4.78 is 6.88. The SMILES string of the molecule is CN(C)C(=S)SC(=S)N1CCN(C(=O)OC(C)(C)C)CC1. The highest BCUT2D eigenvalue weighted by molar-refractivity contribution is 8.37. The van der Waals surface area contributed by atoms with Crippen molar-refractivity contribution in [2.24, 2.45) is 0 Å². The van der Waals surface area contributed by atoms with E-state index < -0.39 is 5.60 Å². The van der Waals surface area contributed by atoms with E-state index in [1.165, 1.54) is 11.8 Å². The van der Waals surface area contributed by atoms with Gasteiger partial charge in [0.1, 0.15) is 14.2 Å². The molecule has 120 valence electrons. The van der Waals surface area contributed by atoms with Crippen LogP contribution in [-0.4, -0.2) is 75.3 Å². The lowest BCUT2D eigenvalue weighted by atomic mass is 10.2. The standard InChI is InChI=1S/C13H23N3O2S3/c1-13(2,3)18-10(17)15-6-8-16(9-7-15)12(20)21-11(19)14(4)5/h6-9H2,1-5H3. The van der Waals surface area contributed by atoms with Gasteiger partial charge in [-0.05, 0) is 32.5 Å². The summed E-state index contributed by atoms with van der Waals surface area (Å²) in [5.41, 5.74) is -0.461.